The number of nitrogens with one attached hydrogen (secondary N) is 2. The third-order valence-electron chi connectivity index (χ3n) is 8.35. The van der Waals surface area contributed by atoms with E-state index in [0.717, 1.165) is 70.6 Å². The number of guanidine groups is 1. The Labute approximate surface area is 314 Å². The van der Waals surface area contributed by atoms with Gasteiger partial charge < -0.3 is 13.9 Å². The van der Waals surface area contributed by atoms with E-state index in [9.17, 15) is 39.4 Å². The van der Waals surface area contributed by atoms with E-state index in [1.54, 1.807) is 0 Å². The molecule has 282 valence electrons. The molecule has 0 radical (unpaired) electrons. The molecule has 0 atom stereocenters. The molecule has 0 unspecified atom stereocenters. The molecular formula is C36H37N5O11SSi. The lowest BCUT2D eigenvalue weighted by Gasteiger charge is -2.36. The van der Waals surface area contributed by atoms with Crippen molar-refractivity contribution in [3.05, 3.63) is 122 Å². The third-order valence-corrected chi connectivity index (χ3v) is 13.7. The monoisotopic (exact) mass is 775 g/mol. The maximum atomic E-state index is 12.6. The van der Waals surface area contributed by atoms with Gasteiger partial charge in [0.15, 0.2) is 0 Å². The van der Waals surface area contributed by atoms with Gasteiger partial charge in [-0.1, -0.05) is 51.1 Å². The molecule has 0 saturated heterocycles. The number of carbonyl (C=O) groups excluding carboxylic acids is 4. The molecule has 0 spiro atoms. The van der Waals surface area contributed by atoms with Gasteiger partial charge in [-0.25, -0.2) is 19.2 Å². The normalized spacial score (nSPS) is 11.2. The molecule has 2 N–H and O–H groups in total. The van der Waals surface area contributed by atoms with Gasteiger partial charge in [-0.2, -0.15) is 11.8 Å². The smallest absolute Gasteiger partial charge is 0.421 e. The molecule has 54 heavy (non-hydrogen) atoms. The van der Waals surface area contributed by atoms with Gasteiger partial charge in [-0.3, -0.25) is 35.9 Å². The van der Waals surface area contributed by atoms with Crippen LogP contribution in [0.2, 0.25) is 18.1 Å². The summed E-state index contributed by atoms with van der Waals surface area (Å²) in [7, 11) is -2.10. The minimum absolute atomic E-state index is 0.0185. The number of nitro benzene ring substituents is 2. The van der Waals surface area contributed by atoms with Crippen LogP contribution in [-0.2, 0) is 15.2 Å². The van der Waals surface area contributed by atoms with Crippen LogP contribution in [0.15, 0.2) is 89.9 Å². The second-order valence-corrected chi connectivity index (χ2v) is 19.0. The molecule has 0 aromatic heterocycles. The van der Waals surface area contributed by atoms with Crippen LogP contribution in [0.3, 0.4) is 0 Å². The van der Waals surface area contributed by atoms with Crippen LogP contribution in [0, 0.1) is 20.2 Å². The number of benzene rings is 4. The largest absolute Gasteiger partial charge is 0.543 e. The van der Waals surface area contributed by atoms with Gasteiger partial charge in [-0.15, -0.1) is 0 Å². The Balaban J connectivity index is 1.43. The minimum atomic E-state index is -2.10. The Morgan fingerprint density at radius 1 is 0.741 bits per heavy atom. The zero-order valence-corrected chi connectivity index (χ0v) is 31.8. The van der Waals surface area contributed by atoms with Crippen molar-refractivity contribution >= 4 is 72.3 Å². The van der Waals surface area contributed by atoms with Crippen LogP contribution >= 0.6 is 11.8 Å². The van der Waals surface area contributed by atoms with Crippen LogP contribution in [0.1, 0.15) is 47.1 Å². The fourth-order valence-electron chi connectivity index (χ4n) is 4.47. The SMILES string of the molecule is CC(C)(C)[Si](C)(C)Oc1cccc2c(CSCCN=C(NC(=O)OC(=O)c3ccc([N+](=O)[O-])cc3)NC(=O)OC(=O)c3ccc([N+](=O)[O-])cc3)cccc12. The predicted molar refractivity (Wildman–Crippen MR) is 204 cm³/mol. The molecule has 16 nitrogen and oxygen atoms in total. The number of esters is 2. The van der Waals surface area contributed by atoms with Crippen LogP contribution in [-0.4, -0.2) is 60.5 Å². The van der Waals surface area contributed by atoms with E-state index in [4.69, 9.17) is 13.9 Å². The van der Waals surface area contributed by atoms with E-state index in [1.165, 1.54) is 11.8 Å². The van der Waals surface area contributed by atoms with Gasteiger partial charge in [0.25, 0.3) is 19.7 Å². The first-order valence-corrected chi connectivity index (χ1v) is 20.4. The van der Waals surface area contributed by atoms with Crippen molar-refractivity contribution in [1.82, 2.24) is 10.6 Å². The highest BCUT2D eigenvalue weighted by Crippen LogP contribution is 2.39. The van der Waals surface area contributed by atoms with Crippen molar-refractivity contribution in [2.45, 2.75) is 44.7 Å². The number of amides is 2. The number of non-ortho nitro benzene ring substituents is 2. The average Bonchev–Trinajstić information content (AvgIpc) is 3.11. The molecule has 0 aliphatic carbocycles. The average molecular weight is 776 g/mol. The Morgan fingerprint density at radius 3 is 1.70 bits per heavy atom. The number of aliphatic imine (C=N–C) groups is 1. The number of ether oxygens (including phenoxy) is 2. The van der Waals surface area contributed by atoms with E-state index in [1.807, 2.05) is 36.4 Å². The highest BCUT2D eigenvalue weighted by molar-refractivity contribution is 7.98. The maximum absolute atomic E-state index is 12.6. The Morgan fingerprint density at radius 2 is 1.22 bits per heavy atom. The zero-order valence-electron chi connectivity index (χ0n) is 29.9. The molecule has 0 aliphatic heterocycles. The molecule has 2 amide bonds. The standard InChI is InChI=1S/C36H37N5O11SSi/c1-36(2,3)54(4,5)52-30-11-7-9-28-25(8-6-10-29(28)30)22-53-21-20-37-33(38-34(44)50-31(42)23-12-16-26(17-13-23)40(46)47)39-35(45)51-32(43)24-14-18-27(19-15-24)41(48)49/h6-19H,20-22H2,1-5H3,(H2,37,38,39,44,45). The highest BCUT2D eigenvalue weighted by Gasteiger charge is 2.39. The number of carbonyl (C=O) groups is 4. The molecule has 0 fully saturated rings. The second-order valence-electron chi connectivity index (χ2n) is 13.1. The molecule has 4 rings (SSSR count). The van der Waals surface area contributed by atoms with E-state index in [0.29, 0.717) is 11.5 Å². The molecule has 4 aromatic rings. The predicted octanol–water partition coefficient (Wildman–Crippen LogP) is 7.76. The summed E-state index contributed by atoms with van der Waals surface area (Å²) in [5.41, 5.74) is 0.156. The van der Waals surface area contributed by atoms with Crippen molar-refractivity contribution in [3.63, 3.8) is 0 Å². The number of hydrogen-bond donors (Lipinski definition) is 2. The summed E-state index contributed by atoms with van der Waals surface area (Å²) in [4.78, 5) is 74.8. The van der Waals surface area contributed by atoms with E-state index < -0.39 is 48.2 Å². The van der Waals surface area contributed by atoms with Gasteiger partial charge in [0.05, 0.1) is 27.5 Å². The summed E-state index contributed by atoms with van der Waals surface area (Å²) in [6.45, 7) is 11.0. The van der Waals surface area contributed by atoms with Crippen molar-refractivity contribution in [3.8, 4) is 5.75 Å². The van der Waals surface area contributed by atoms with E-state index >= 15 is 0 Å². The summed E-state index contributed by atoms with van der Waals surface area (Å²) < 4.78 is 16.1. The van der Waals surface area contributed by atoms with Crippen LogP contribution in [0.25, 0.3) is 10.8 Å². The molecule has 0 bridgehead atoms. The summed E-state index contributed by atoms with van der Waals surface area (Å²) in [6.07, 6.45) is -2.73. The lowest BCUT2D eigenvalue weighted by atomic mass is 10.1. The van der Waals surface area contributed by atoms with Gasteiger partial charge in [-0.05, 0) is 59.4 Å². The van der Waals surface area contributed by atoms with Crippen LogP contribution < -0.4 is 15.1 Å². The molecule has 0 heterocycles. The topological polar surface area (TPSA) is 219 Å². The first-order chi connectivity index (χ1) is 25.4. The summed E-state index contributed by atoms with van der Waals surface area (Å²) in [5, 5.41) is 28.1. The lowest BCUT2D eigenvalue weighted by molar-refractivity contribution is -0.385. The van der Waals surface area contributed by atoms with Crippen molar-refractivity contribution in [1.29, 1.82) is 0 Å². The Bertz CT molecular complexity index is 2010. The lowest BCUT2D eigenvalue weighted by Crippen LogP contribution is -2.45. The summed E-state index contributed by atoms with van der Waals surface area (Å²) in [6, 6.07) is 20.6. The van der Waals surface area contributed by atoms with Gasteiger partial charge >= 0.3 is 24.1 Å². The minimum Gasteiger partial charge on any atom is -0.543 e. The van der Waals surface area contributed by atoms with Gasteiger partial charge in [0.2, 0.25) is 5.96 Å². The number of hydrogen-bond acceptors (Lipinski definition) is 13. The Hall–Kier alpha value is -6.14. The number of alkyl carbamates (subject to hydrolysis) is 2. The molecule has 0 saturated carbocycles. The molecule has 18 heteroatoms. The van der Waals surface area contributed by atoms with Crippen molar-refractivity contribution in [2.75, 3.05) is 12.3 Å². The number of fused-ring (bicyclic) bond motifs is 1. The first kappa shape index (κ1) is 40.6. The zero-order chi connectivity index (χ0) is 39.6. The molecule has 4 aromatic carbocycles. The second kappa shape index (κ2) is 17.6. The maximum Gasteiger partial charge on any atom is 0.421 e. The quantitative estimate of drug-likeness (QED) is 0.0218. The summed E-state index contributed by atoms with van der Waals surface area (Å²) in [5.74, 6) is -1.00. The number of thioether (sulfide) groups is 1. The van der Waals surface area contributed by atoms with Crippen molar-refractivity contribution in [2.24, 2.45) is 4.99 Å². The molecule has 0 aliphatic rings. The number of nitrogens with zero attached hydrogens (tertiary/aromatic N) is 3. The highest BCUT2D eigenvalue weighted by atomic mass is 32.2. The number of rotatable bonds is 11. The fraction of sp³-hybridized carbons (Fsp3) is 0.250. The Kier molecular flexibility index (Phi) is 13.2. The summed E-state index contributed by atoms with van der Waals surface area (Å²) >= 11 is 1.52. The van der Waals surface area contributed by atoms with E-state index in [2.05, 4.69) is 49.5 Å². The van der Waals surface area contributed by atoms with Gasteiger partial charge in [0, 0.05) is 41.2 Å². The molecular weight excluding hydrogens is 739 g/mol. The van der Waals surface area contributed by atoms with Gasteiger partial charge in [0.1, 0.15) is 5.75 Å². The van der Waals surface area contributed by atoms with Crippen LogP contribution in [0.4, 0.5) is 21.0 Å². The fourth-order valence-corrected chi connectivity index (χ4v) is 6.34. The van der Waals surface area contributed by atoms with E-state index in [-0.39, 0.29) is 34.1 Å². The van der Waals surface area contributed by atoms with Crippen molar-refractivity contribution < 1.29 is 42.9 Å². The first-order valence-electron chi connectivity index (χ1n) is 16.3. The van der Waals surface area contributed by atoms with Crippen LogP contribution in [0.5, 0.6) is 5.75 Å². The third kappa shape index (κ3) is 10.9. The number of nitro groups is 2.